The maximum Gasteiger partial charge on any atom is 0.355 e. The van der Waals surface area contributed by atoms with Crippen LogP contribution < -0.4 is 10.1 Å². The number of tetrazole rings is 1. The summed E-state index contributed by atoms with van der Waals surface area (Å²) in [6.07, 6.45) is 0.878. The van der Waals surface area contributed by atoms with Crippen molar-refractivity contribution in [1.82, 2.24) is 20.2 Å². The summed E-state index contributed by atoms with van der Waals surface area (Å²) < 4.78 is 11.6. The van der Waals surface area contributed by atoms with E-state index in [0.717, 1.165) is 17.5 Å². The number of esters is 1. The van der Waals surface area contributed by atoms with E-state index in [4.69, 9.17) is 9.47 Å². The van der Waals surface area contributed by atoms with Crippen LogP contribution in [0.2, 0.25) is 0 Å². The lowest BCUT2D eigenvalue weighted by Gasteiger charge is -2.28. The van der Waals surface area contributed by atoms with Gasteiger partial charge in [0.25, 0.3) is 0 Å². The van der Waals surface area contributed by atoms with Crippen LogP contribution in [-0.2, 0) is 16.0 Å². The summed E-state index contributed by atoms with van der Waals surface area (Å²) in [6, 6.07) is 13.8. The Morgan fingerprint density at radius 3 is 2.39 bits per heavy atom. The number of hydrogen-bond acceptors (Lipinski definition) is 8. The number of allylic oxidation sites excluding steroid dienone is 1. The maximum atomic E-state index is 13.6. The molecule has 0 amide bonds. The molecular weight excluding hydrogens is 398 g/mol. The first-order valence-corrected chi connectivity index (χ1v) is 9.72. The normalized spacial score (nSPS) is 15.1. The quantitative estimate of drug-likeness (QED) is 0.480. The first-order valence-electron chi connectivity index (χ1n) is 9.72. The molecule has 31 heavy (non-hydrogen) atoms. The Morgan fingerprint density at radius 1 is 1.06 bits per heavy atom. The highest BCUT2D eigenvalue weighted by molar-refractivity contribution is 6.14. The minimum absolute atomic E-state index is 0.00943. The van der Waals surface area contributed by atoms with Crippen molar-refractivity contribution in [2.75, 3.05) is 19.5 Å². The number of ether oxygens (including phenoxy) is 2. The molecule has 0 bridgehead atoms. The number of benzene rings is 2. The number of fused-ring (bicyclic) bond motifs is 1. The van der Waals surface area contributed by atoms with Gasteiger partial charge in [-0.1, -0.05) is 36.3 Å². The van der Waals surface area contributed by atoms with Gasteiger partial charge in [0.05, 0.1) is 19.8 Å². The van der Waals surface area contributed by atoms with E-state index >= 15 is 0 Å². The molecule has 0 spiro atoms. The van der Waals surface area contributed by atoms with E-state index < -0.39 is 12.0 Å². The van der Waals surface area contributed by atoms with Gasteiger partial charge in [-0.15, -0.1) is 0 Å². The van der Waals surface area contributed by atoms with Crippen LogP contribution in [0.15, 0.2) is 59.8 Å². The molecule has 4 rings (SSSR count). The van der Waals surface area contributed by atoms with E-state index in [0.29, 0.717) is 11.3 Å². The summed E-state index contributed by atoms with van der Waals surface area (Å²) >= 11 is 0. The average Bonchev–Trinajstić information content (AvgIpc) is 3.30. The Kier molecular flexibility index (Phi) is 5.48. The maximum absolute atomic E-state index is 13.6. The fourth-order valence-electron chi connectivity index (χ4n) is 3.53. The summed E-state index contributed by atoms with van der Waals surface area (Å²) in [4.78, 5) is 26.3. The monoisotopic (exact) mass is 419 g/mol. The second-order valence-electron chi connectivity index (χ2n) is 6.91. The highest BCUT2D eigenvalue weighted by atomic mass is 16.5. The SMILES string of the molecule is CCc1ccc([C@H]2C(C(=O)c3ccc(OC)cc3)=C(C(=O)OC)Nc3nnnn32)cc1. The Balaban J connectivity index is 1.90. The molecule has 0 saturated carbocycles. The molecule has 3 aromatic rings. The predicted octanol–water partition coefficient (Wildman–Crippen LogP) is 2.57. The first kappa shape index (κ1) is 20.3. The second kappa shape index (κ2) is 8.39. The molecule has 2 aromatic carbocycles. The predicted molar refractivity (Wildman–Crippen MR) is 112 cm³/mol. The molecule has 0 fully saturated rings. The van der Waals surface area contributed by atoms with Gasteiger partial charge in [-0.25, -0.2) is 4.79 Å². The van der Waals surface area contributed by atoms with Crippen LogP contribution in [0.1, 0.15) is 34.5 Å². The second-order valence-corrected chi connectivity index (χ2v) is 6.91. The van der Waals surface area contributed by atoms with Crippen LogP contribution in [0.4, 0.5) is 5.95 Å². The molecule has 9 nitrogen and oxygen atoms in total. The van der Waals surface area contributed by atoms with Gasteiger partial charge >= 0.3 is 5.97 Å². The molecule has 0 radical (unpaired) electrons. The van der Waals surface area contributed by atoms with E-state index in [2.05, 4.69) is 27.8 Å². The van der Waals surface area contributed by atoms with Gasteiger partial charge < -0.3 is 14.8 Å². The van der Waals surface area contributed by atoms with E-state index in [1.165, 1.54) is 11.8 Å². The van der Waals surface area contributed by atoms with E-state index in [1.807, 2.05) is 24.3 Å². The van der Waals surface area contributed by atoms with E-state index in [9.17, 15) is 9.59 Å². The number of Topliss-reactive ketones (excluding diaryl/α,β-unsaturated/α-hetero) is 1. The zero-order chi connectivity index (χ0) is 22.0. The molecule has 1 N–H and O–H groups in total. The lowest BCUT2D eigenvalue weighted by Crippen LogP contribution is -2.32. The molecule has 2 heterocycles. The van der Waals surface area contributed by atoms with Crippen molar-refractivity contribution in [3.05, 3.63) is 76.5 Å². The highest BCUT2D eigenvalue weighted by Gasteiger charge is 2.38. The summed E-state index contributed by atoms with van der Waals surface area (Å²) in [6.45, 7) is 2.06. The third-order valence-corrected chi connectivity index (χ3v) is 5.21. The fourth-order valence-corrected chi connectivity index (χ4v) is 3.53. The third-order valence-electron chi connectivity index (χ3n) is 5.21. The van der Waals surface area contributed by atoms with Crippen molar-refractivity contribution in [2.24, 2.45) is 0 Å². The zero-order valence-electron chi connectivity index (χ0n) is 17.3. The first-order chi connectivity index (χ1) is 15.1. The van der Waals surface area contributed by atoms with Crippen molar-refractivity contribution in [3.63, 3.8) is 0 Å². The Morgan fingerprint density at radius 2 is 1.77 bits per heavy atom. The molecule has 0 aliphatic carbocycles. The van der Waals surface area contributed by atoms with Crippen molar-refractivity contribution in [1.29, 1.82) is 0 Å². The lowest BCUT2D eigenvalue weighted by atomic mass is 9.89. The Labute approximate surface area is 178 Å². The van der Waals surface area contributed by atoms with Gasteiger partial charge in [0.2, 0.25) is 5.95 Å². The number of aryl methyl sites for hydroxylation is 1. The smallest absolute Gasteiger partial charge is 0.355 e. The number of nitrogens with zero attached hydrogens (tertiary/aromatic N) is 4. The molecular formula is C22H21N5O4. The van der Waals surface area contributed by atoms with Crippen molar-refractivity contribution in [2.45, 2.75) is 19.4 Å². The van der Waals surface area contributed by atoms with E-state index in [-0.39, 0.29) is 23.0 Å². The van der Waals surface area contributed by atoms with Crippen LogP contribution in [0.3, 0.4) is 0 Å². The Bertz CT molecular complexity index is 1150. The zero-order valence-corrected chi connectivity index (χ0v) is 17.3. The summed E-state index contributed by atoms with van der Waals surface area (Å²) in [7, 11) is 2.81. The summed E-state index contributed by atoms with van der Waals surface area (Å²) in [5.74, 6) is -0.159. The standard InChI is InChI=1S/C22H21N5O4/c1-4-13-5-7-14(8-6-13)19-17(20(28)15-9-11-16(30-2)12-10-15)18(21(29)31-3)23-22-24-25-26-27(19)22/h5-12,19H,4H2,1-3H3,(H,23,24,26)/t19-/m0/s1. The van der Waals surface area contributed by atoms with Crippen LogP contribution in [0.5, 0.6) is 5.75 Å². The third kappa shape index (κ3) is 3.65. The van der Waals surface area contributed by atoms with Gasteiger partial charge in [0.1, 0.15) is 17.5 Å². The van der Waals surface area contributed by atoms with Crippen molar-refractivity contribution in [3.8, 4) is 5.75 Å². The van der Waals surface area contributed by atoms with Gasteiger partial charge in [-0.2, -0.15) is 4.68 Å². The van der Waals surface area contributed by atoms with Crippen LogP contribution in [-0.4, -0.2) is 46.2 Å². The Hall–Kier alpha value is -4.01. The van der Waals surface area contributed by atoms with Gasteiger partial charge in [-0.05, 0) is 52.2 Å². The molecule has 0 saturated heterocycles. The highest BCUT2D eigenvalue weighted by Crippen LogP contribution is 2.36. The summed E-state index contributed by atoms with van der Waals surface area (Å²) in [5, 5.41) is 14.6. The molecule has 1 atom stereocenters. The number of carbonyl (C=O) groups excluding carboxylic acids is 2. The van der Waals surface area contributed by atoms with Crippen molar-refractivity contribution < 1.29 is 19.1 Å². The topological polar surface area (TPSA) is 108 Å². The average molecular weight is 419 g/mol. The van der Waals surface area contributed by atoms with Crippen LogP contribution in [0.25, 0.3) is 0 Å². The molecule has 158 valence electrons. The number of hydrogen-bond donors (Lipinski definition) is 1. The minimum Gasteiger partial charge on any atom is -0.497 e. The van der Waals surface area contributed by atoms with Gasteiger partial charge in [0.15, 0.2) is 5.78 Å². The molecule has 0 unspecified atom stereocenters. The number of ketones is 1. The molecule has 1 aliphatic heterocycles. The molecule has 1 aliphatic rings. The van der Waals surface area contributed by atoms with Gasteiger partial charge in [-0.3, -0.25) is 4.79 Å². The molecule has 1 aromatic heterocycles. The van der Waals surface area contributed by atoms with Crippen LogP contribution >= 0.6 is 0 Å². The number of anilines is 1. The summed E-state index contributed by atoms with van der Waals surface area (Å²) in [5.41, 5.74) is 2.52. The molecule has 9 heteroatoms. The van der Waals surface area contributed by atoms with Crippen molar-refractivity contribution >= 4 is 17.7 Å². The van der Waals surface area contributed by atoms with E-state index in [1.54, 1.807) is 31.4 Å². The number of methoxy groups -OCH3 is 2. The lowest BCUT2D eigenvalue weighted by molar-refractivity contribution is -0.136. The fraction of sp³-hybridized carbons (Fsp3) is 0.227. The largest absolute Gasteiger partial charge is 0.497 e. The number of rotatable bonds is 6. The number of aromatic nitrogens is 4. The number of nitrogens with one attached hydrogen (secondary N) is 1. The minimum atomic E-state index is -0.708. The number of carbonyl (C=O) groups is 2. The van der Waals surface area contributed by atoms with Crippen LogP contribution in [0, 0.1) is 0 Å². The van der Waals surface area contributed by atoms with Gasteiger partial charge in [0, 0.05) is 5.56 Å².